The number of hydrogen-bond donors (Lipinski definition) is 5. The van der Waals surface area contributed by atoms with E-state index in [9.17, 15) is 19.2 Å². The van der Waals surface area contributed by atoms with Crippen molar-refractivity contribution in [2.24, 2.45) is 11.7 Å². The minimum atomic E-state index is -1.39. The van der Waals surface area contributed by atoms with Gasteiger partial charge in [0.2, 0.25) is 5.91 Å². The van der Waals surface area contributed by atoms with E-state index in [1.54, 1.807) is 35.3 Å². The first-order chi connectivity index (χ1) is 30.0. The topological polar surface area (TPSA) is 234 Å². The third-order valence-corrected chi connectivity index (χ3v) is 12.2. The van der Waals surface area contributed by atoms with Crippen LogP contribution in [0.1, 0.15) is 80.7 Å². The zero-order chi connectivity index (χ0) is 43.1. The number of hydrogen-bond acceptors (Lipinski definition) is 10. The summed E-state index contributed by atoms with van der Waals surface area (Å²) in [6.45, 7) is 6.21. The predicted octanol–water partition coefficient (Wildman–Crippen LogP) is 6.22. The maximum absolute atomic E-state index is 13.7. The van der Waals surface area contributed by atoms with Crippen LogP contribution in [-0.2, 0) is 14.3 Å². The van der Waals surface area contributed by atoms with Crippen molar-refractivity contribution in [1.82, 2.24) is 55.2 Å². The molecule has 6 N–H and O–H groups in total. The number of likely N-dealkylation sites (tertiary alicyclic amines) is 2. The third-order valence-electron chi connectivity index (χ3n) is 12.2. The number of carbonyl (C=O) groups is 4. The second kappa shape index (κ2) is 16.2. The van der Waals surface area contributed by atoms with Gasteiger partial charge >= 0.3 is 6.09 Å². The molecule has 17 heteroatoms. The van der Waals surface area contributed by atoms with Crippen LogP contribution in [-0.4, -0.2) is 99.0 Å². The number of H-pyrrole nitrogens is 3. The first kappa shape index (κ1) is 40.0. The summed E-state index contributed by atoms with van der Waals surface area (Å²) in [6.07, 6.45) is 7.40. The molecule has 2 aliphatic rings. The molecule has 3 atom stereocenters. The van der Waals surface area contributed by atoms with Gasteiger partial charge in [0, 0.05) is 35.5 Å². The van der Waals surface area contributed by atoms with Crippen LogP contribution in [0.25, 0.3) is 55.7 Å². The number of ether oxygens (including phenoxy) is 1. The predicted molar refractivity (Wildman–Crippen MR) is 230 cm³/mol. The van der Waals surface area contributed by atoms with Crippen LogP contribution >= 0.6 is 0 Å². The summed E-state index contributed by atoms with van der Waals surface area (Å²) in [5.41, 5.74) is 11.4. The molecule has 4 aromatic heterocycles. The molecule has 7 aromatic rings. The lowest BCUT2D eigenvalue weighted by Crippen LogP contribution is -2.53. The van der Waals surface area contributed by atoms with Crippen molar-refractivity contribution in [2.45, 2.75) is 64.1 Å². The molecule has 0 saturated carbocycles. The number of benzene rings is 3. The van der Waals surface area contributed by atoms with Gasteiger partial charge in [0.25, 0.3) is 11.8 Å². The monoisotopic (exact) mass is 834 g/mol. The van der Waals surface area contributed by atoms with E-state index in [1.807, 2.05) is 80.6 Å². The van der Waals surface area contributed by atoms with Crippen molar-refractivity contribution in [3.63, 3.8) is 0 Å². The fourth-order valence-electron chi connectivity index (χ4n) is 8.47. The van der Waals surface area contributed by atoms with Gasteiger partial charge in [-0.15, -0.1) is 0 Å². The molecule has 17 nitrogen and oxygen atoms in total. The zero-order valence-corrected chi connectivity index (χ0v) is 34.5. The lowest BCUT2D eigenvalue weighted by molar-refractivity contribution is -0.155. The normalized spacial score (nSPS) is 17.5. The van der Waals surface area contributed by atoms with E-state index in [4.69, 9.17) is 20.4 Å². The third kappa shape index (κ3) is 7.50. The number of aromatic amines is 3. The lowest BCUT2D eigenvalue weighted by atomic mass is 9.90. The average Bonchev–Trinajstić information content (AvgIpc) is 4.14. The van der Waals surface area contributed by atoms with E-state index in [1.165, 1.54) is 0 Å². The van der Waals surface area contributed by atoms with E-state index < -0.39 is 17.6 Å². The van der Waals surface area contributed by atoms with E-state index in [-0.39, 0.29) is 42.1 Å². The molecule has 0 bridgehead atoms. The number of para-hydroxylation sites is 1. The second-order valence-electron chi connectivity index (χ2n) is 16.3. The van der Waals surface area contributed by atoms with E-state index >= 15 is 0 Å². The summed E-state index contributed by atoms with van der Waals surface area (Å²) in [6, 6.07) is 20.6. The molecule has 9 rings (SSSR count). The van der Waals surface area contributed by atoms with Crippen LogP contribution < -0.4 is 11.1 Å². The smallest absolute Gasteiger partial charge is 0.405 e. The molecule has 2 fully saturated rings. The van der Waals surface area contributed by atoms with Crippen LogP contribution in [0.15, 0.2) is 85.3 Å². The number of imidazole rings is 2. The van der Waals surface area contributed by atoms with Gasteiger partial charge in [0.1, 0.15) is 11.6 Å². The minimum absolute atomic E-state index is 0.147. The highest BCUT2D eigenvalue weighted by Crippen LogP contribution is 2.37. The summed E-state index contributed by atoms with van der Waals surface area (Å²) in [5.74, 6) is 0.181. The van der Waals surface area contributed by atoms with Crippen LogP contribution in [0.5, 0.6) is 0 Å². The van der Waals surface area contributed by atoms with Gasteiger partial charge in [0.05, 0.1) is 70.9 Å². The summed E-state index contributed by atoms with van der Waals surface area (Å²) in [5, 5.41) is 10.4. The van der Waals surface area contributed by atoms with E-state index in [0.29, 0.717) is 30.1 Å². The molecule has 3 aromatic carbocycles. The number of nitrogens with two attached hydrogens (primary N) is 1. The Morgan fingerprint density at radius 2 is 1.47 bits per heavy atom. The van der Waals surface area contributed by atoms with Gasteiger partial charge in [-0.05, 0) is 56.4 Å². The molecule has 0 radical (unpaired) electrons. The first-order valence-electron chi connectivity index (χ1n) is 20.7. The van der Waals surface area contributed by atoms with Crippen molar-refractivity contribution in [1.29, 1.82) is 0 Å². The summed E-state index contributed by atoms with van der Waals surface area (Å²) < 4.78 is 5.36. The Hall–Kier alpha value is -7.43. The van der Waals surface area contributed by atoms with Gasteiger partial charge in [0.15, 0.2) is 11.3 Å². The highest BCUT2D eigenvalue weighted by atomic mass is 16.6. The highest BCUT2D eigenvalue weighted by molar-refractivity contribution is 6.05. The van der Waals surface area contributed by atoms with E-state index in [2.05, 4.69) is 35.5 Å². The van der Waals surface area contributed by atoms with Crippen molar-refractivity contribution in [3.05, 3.63) is 103 Å². The van der Waals surface area contributed by atoms with Crippen LogP contribution in [0.2, 0.25) is 0 Å². The first-order valence-corrected chi connectivity index (χ1v) is 20.7. The summed E-state index contributed by atoms with van der Waals surface area (Å²) in [7, 11) is 0. The molecule has 2 saturated heterocycles. The van der Waals surface area contributed by atoms with Crippen molar-refractivity contribution in [3.8, 4) is 33.8 Å². The number of fused-ring (bicyclic) bond motifs is 2. The van der Waals surface area contributed by atoms with Gasteiger partial charge < -0.3 is 35.6 Å². The fourth-order valence-corrected chi connectivity index (χ4v) is 8.47. The summed E-state index contributed by atoms with van der Waals surface area (Å²) >= 11 is 0. The van der Waals surface area contributed by atoms with Gasteiger partial charge in [-0.25, -0.2) is 19.7 Å². The molecule has 0 spiro atoms. The molecule has 2 unspecified atom stereocenters. The Kier molecular flexibility index (Phi) is 10.5. The number of primary amides is 1. The second-order valence-corrected chi connectivity index (χ2v) is 16.3. The number of rotatable bonds is 11. The van der Waals surface area contributed by atoms with Crippen molar-refractivity contribution in [2.75, 3.05) is 19.6 Å². The molecular weight excluding hydrogens is 789 g/mol. The van der Waals surface area contributed by atoms with Gasteiger partial charge in [-0.2, -0.15) is 5.10 Å². The molecule has 316 valence electrons. The number of amides is 4. The maximum atomic E-state index is 13.7. The lowest BCUT2D eigenvalue weighted by Gasteiger charge is -2.36. The molecule has 2 aliphatic heterocycles. The Bertz CT molecular complexity index is 2830. The van der Waals surface area contributed by atoms with Crippen LogP contribution in [0.4, 0.5) is 4.79 Å². The quantitative estimate of drug-likeness (QED) is 0.0987. The summed E-state index contributed by atoms with van der Waals surface area (Å²) in [4.78, 5) is 80.9. The van der Waals surface area contributed by atoms with E-state index in [0.717, 1.165) is 76.0 Å². The molecule has 6 heterocycles. The van der Waals surface area contributed by atoms with Crippen molar-refractivity contribution < 1.29 is 23.9 Å². The number of nitrogens with zero attached hydrogens (tertiary/aromatic N) is 7. The standard InChI is InChI=1S/C45H46N12O5/c1-25(2)45(3,62-44(46)61)43(60)57-19-7-11-37(57)41-48-22-34(52-41)27-14-12-26(13-15-27)33-21-47-32-20-28(16-17-31(32)51-33)35-23-49-40(53-35)36-10-6-18-56(36)38(58)24-50-42(59)39-29-8-4-5-9-30(29)54-55-39/h4-5,8-9,12-17,20-23,25,36-37H,6-7,10-11,18-19,24H2,1-3H3,(H2,46,61)(H,48,52)(H,49,53)(H,50,59)(H,54,55)/t36?,37?,45-/m0/s1. The Morgan fingerprint density at radius 3 is 2.18 bits per heavy atom. The number of aromatic nitrogens is 8. The van der Waals surface area contributed by atoms with Gasteiger partial charge in [-0.1, -0.05) is 62.4 Å². The Balaban J connectivity index is 0.845. The number of carbonyl (C=O) groups excluding carboxylic acids is 4. The Morgan fingerprint density at radius 1 is 0.823 bits per heavy atom. The molecular formula is C45H46N12O5. The van der Waals surface area contributed by atoms with Crippen LogP contribution in [0.3, 0.4) is 0 Å². The number of nitrogens with one attached hydrogen (secondary N) is 4. The fraction of sp³-hybridized carbons (Fsp3) is 0.311. The minimum Gasteiger partial charge on any atom is -0.433 e. The largest absolute Gasteiger partial charge is 0.433 e. The van der Waals surface area contributed by atoms with Gasteiger partial charge in [-0.3, -0.25) is 24.5 Å². The highest BCUT2D eigenvalue weighted by Gasteiger charge is 2.47. The Labute approximate surface area is 355 Å². The van der Waals surface area contributed by atoms with Crippen molar-refractivity contribution >= 4 is 45.8 Å². The zero-order valence-electron chi connectivity index (χ0n) is 34.5. The van der Waals surface area contributed by atoms with Crippen LogP contribution in [0, 0.1) is 5.92 Å². The molecule has 0 aliphatic carbocycles. The maximum Gasteiger partial charge on any atom is 0.405 e. The average molecular weight is 835 g/mol. The molecule has 62 heavy (non-hydrogen) atoms. The molecule has 4 amide bonds. The SMILES string of the molecule is CC(C)[C@](C)(OC(N)=O)C(=O)N1CCCC1c1ncc(-c2ccc(-c3cnc4cc(-c5cnc(C6CCCN6C(=O)CNC(=O)c6n[nH]c7ccccc67)[nH]5)ccc4n3)cc2)[nH]1.